The highest BCUT2D eigenvalue weighted by atomic mass is 16.1. The lowest BCUT2D eigenvalue weighted by molar-refractivity contribution is 0.0941. The van der Waals surface area contributed by atoms with Gasteiger partial charge in [-0.2, -0.15) is 0 Å². The summed E-state index contributed by atoms with van der Waals surface area (Å²) in [4.78, 5) is 20.9. The maximum absolute atomic E-state index is 12.5. The Hall–Kier alpha value is -2.69. The lowest BCUT2D eigenvalue weighted by Gasteiger charge is -2.13. The first-order chi connectivity index (χ1) is 10.2. The van der Waals surface area contributed by atoms with Crippen LogP contribution in [-0.2, 0) is 7.05 Å². The van der Waals surface area contributed by atoms with Crippen molar-refractivity contribution in [3.05, 3.63) is 60.2 Å². The second-order valence-electron chi connectivity index (χ2n) is 5.01. The number of hydrogen-bond acceptors (Lipinski definition) is 3. The van der Waals surface area contributed by atoms with Crippen LogP contribution in [0.1, 0.15) is 28.9 Å². The molecule has 0 bridgehead atoms. The number of carbonyl (C=O) groups is 1. The third-order valence-corrected chi connectivity index (χ3v) is 3.51. The number of fused-ring (bicyclic) bond motifs is 1. The lowest BCUT2D eigenvalue weighted by atomic mass is 10.1. The van der Waals surface area contributed by atoms with Crippen LogP contribution in [0.15, 0.2) is 49.1 Å². The largest absolute Gasteiger partial charge is 0.345 e. The van der Waals surface area contributed by atoms with Crippen LogP contribution in [0.3, 0.4) is 0 Å². The van der Waals surface area contributed by atoms with Crippen LogP contribution in [0, 0.1) is 0 Å². The molecule has 0 saturated heterocycles. The number of rotatable bonds is 3. The molecule has 106 valence electrons. The van der Waals surface area contributed by atoms with E-state index < -0.39 is 0 Å². The summed E-state index contributed by atoms with van der Waals surface area (Å²) in [7, 11) is 1.89. The van der Waals surface area contributed by atoms with Gasteiger partial charge >= 0.3 is 0 Å². The third-order valence-electron chi connectivity index (χ3n) is 3.51. The highest BCUT2D eigenvalue weighted by molar-refractivity contribution is 6.06. The van der Waals surface area contributed by atoms with Crippen molar-refractivity contribution in [2.24, 2.45) is 7.05 Å². The lowest BCUT2D eigenvalue weighted by Crippen LogP contribution is -2.26. The van der Waals surface area contributed by atoms with Gasteiger partial charge in [0.15, 0.2) is 0 Å². The molecule has 0 unspecified atom stereocenters. The fourth-order valence-corrected chi connectivity index (χ4v) is 2.38. The van der Waals surface area contributed by atoms with Crippen molar-refractivity contribution in [2.75, 3.05) is 0 Å². The van der Waals surface area contributed by atoms with Gasteiger partial charge in [-0.25, -0.2) is 4.98 Å². The molecular formula is C16H16N4O. The van der Waals surface area contributed by atoms with Gasteiger partial charge in [-0.3, -0.25) is 9.78 Å². The summed E-state index contributed by atoms with van der Waals surface area (Å²) < 4.78 is 1.86. The fraction of sp³-hybridized carbons (Fsp3) is 0.188. The maximum atomic E-state index is 12.5. The molecule has 0 saturated carbocycles. The normalized spacial score (nSPS) is 12.3. The van der Waals surface area contributed by atoms with Crippen molar-refractivity contribution in [3.63, 3.8) is 0 Å². The Labute approximate surface area is 122 Å². The average molecular weight is 280 g/mol. The van der Waals surface area contributed by atoms with Crippen LogP contribution >= 0.6 is 0 Å². The minimum absolute atomic E-state index is 0.0990. The zero-order valence-corrected chi connectivity index (χ0v) is 11.9. The average Bonchev–Trinajstić information content (AvgIpc) is 2.86. The molecule has 21 heavy (non-hydrogen) atoms. The van der Waals surface area contributed by atoms with E-state index >= 15 is 0 Å². The molecule has 1 N–H and O–H groups in total. The first-order valence-electron chi connectivity index (χ1n) is 6.77. The standard InChI is InChI=1S/C16H16N4O/c1-11(12-5-3-7-17-9-12)19-16(21)14-10-20(2)15-13(14)6-4-8-18-15/h3-11H,1-2H3,(H,19,21)/t11-/m0/s1. The van der Waals surface area contributed by atoms with E-state index in [0.29, 0.717) is 5.56 Å². The number of pyridine rings is 2. The summed E-state index contributed by atoms with van der Waals surface area (Å²) in [5.74, 6) is -0.107. The van der Waals surface area contributed by atoms with Crippen molar-refractivity contribution in [1.82, 2.24) is 19.9 Å². The molecule has 5 heteroatoms. The summed E-state index contributed by atoms with van der Waals surface area (Å²) >= 11 is 0. The van der Waals surface area contributed by atoms with Gasteiger partial charge in [0.1, 0.15) is 5.65 Å². The highest BCUT2D eigenvalue weighted by Gasteiger charge is 2.16. The molecule has 1 amide bonds. The summed E-state index contributed by atoms with van der Waals surface area (Å²) in [6, 6.07) is 7.45. The summed E-state index contributed by atoms with van der Waals surface area (Å²) in [6.45, 7) is 1.94. The van der Waals surface area contributed by atoms with Crippen molar-refractivity contribution in [1.29, 1.82) is 0 Å². The molecule has 1 atom stereocenters. The molecule has 0 aromatic carbocycles. The quantitative estimate of drug-likeness (QED) is 0.801. The molecule has 3 aromatic rings. The van der Waals surface area contributed by atoms with Gasteiger partial charge in [-0.15, -0.1) is 0 Å². The SMILES string of the molecule is C[C@H](NC(=O)c1cn(C)c2ncccc12)c1cccnc1. The Balaban J connectivity index is 1.88. The maximum Gasteiger partial charge on any atom is 0.253 e. The Bertz CT molecular complexity index is 779. The van der Waals surface area contributed by atoms with E-state index in [2.05, 4.69) is 15.3 Å². The van der Waals surface area contributed by atoms with E-state index in [9.17, 15) is 4.79 Å². The fourth-order valence-electron chi connectivity index (χ4n) is 2.38. The molecule has 5 nitrogen and oxygen atoms in total. The van der Waals surface area contributed by atoms with E-state index in [1.807, 2.05) is 49.0 Å². The number of amides is 1. The van der Waals surface area contributed by atoms with Gasteiger partial charge in [-0.05, 0) is 30.7 Å². The highest BCUT2D eigenvalue weighted by Crippen LogP contribution is 2.19. The summed E-state index contributed by atoms with van der Waals surface area (Å²) in [6.07, 6.45) is 7.01. The van der Waals surface area contributed by atoms with Crippen LogP contribution in [-0.4, -0.2) is 20.4 Å². The smallest absolute Gasteiger partial charge is 0.253 e. The molecule has 3 aromatic heterocycles. The van der Waals surface area contributed by atoms with Gasteiger partial charge in [0, 0.05) is 37.2 Å². The van der Waals surface area contributed by atoms with Crippen LogP contribution in [0.5, 0.6) is 0 Å². The molecule has 0 radical (unpaired) electrons. The topological polar surface area (TPSA) is 59.8 Å². The van der Waals surface area contributed by atoms with Gasteiger partial charge in [0.05, 0.1) is 11.6 Å². The van der Waals surface area contributed by atoms with E-state index in [0.717, 1.165) is 16.6 Å². The summed E-state index contributed by atoms with van der Waals surface area (Å²) in [5, 5.41) is 3.86. The molecule has 3 rings (SSSR count). The molecule has 0 aliphatic rings. The molecule has 0 aliphatic heterocycles. The number of nitrogens with zero attached hydrogens (tertiary/aromatic N) is 3. The minimum Gasteiger partial charge on any atom is -0.345 e. The van der Waals surface area contributed by atoms with E-state index in [1.54, 1.807) is 18.6 Å². The van der Waals surface area contributed by atoms with Crippen molar-refractivity contribution < 1.29 is 4.79 Å². The van der Waals surface area contributed by atoms with Crippen molar-refractivity contribution in [3.8, 4) is 0 Å². The molecule has 0 spiro atoms. The Morgan fingerprint density at radius 1 is 1.29 bits per heavy atom. The number of aromatic nitrogens is 3. The zero-order valence-electron chi connectivity index (χ0n) is 11.9. The van der Waals surface area contributed by atoms with E-state index in [-0.39, 0.29) is 11.9 Å². The van der Waals surface area contributed by atoms with Crippen LogP contribution in [0.4, 0.5) is 0 Å². The van der Waals surface area contributed by atoms with E-state index in [4.69, 9.17) is 0 Å². The number of nitrogens with one attached hydrogen (secondary N) is 1. The predicted molar refractivity (Wildman–Crippen MR) is 80.8 cm³/mol. The zero-order chi connectivity index (χ0) is 14.8. The molecular weight excluding hydrogens is 264 g/mol. The van der Waals surface area contributed by atoms with Crippen LogP contribution in [0.25, 0.3) is 11.0 Å². The number of carbonyl (C=O) groups excluding carboxylic acids is 1. The first-order valence-corrected chi connectivity index (χ1v) is 6.77. The number of aryl methyl sites for hydroxylation is 1. The van der Waals surface area contributed by atoms with Gasteiger partial charge in [-0.1, -0.05) is 6.07 Å². The molecule has 0 fully saturated rings. The van der Waals surface area contributed by atoms with Gasteiger partial charge in [0.2, 0.25) is 0 Å². The van der Waals surface area contributed by atoms with Gasteiger partial charge < -0.3 is 9.88 Å². The second-order valence-corrected chi connectivity index (χ2v) is 5.01. The molecule has 0 aliphatic carbocycles. The van der Waals surface area contributed by atoms with Crippen LogP contribution < -0.4 is 5.32 Å². The Kier molecular flexibility index (Phi) is 3.39. The Morgan fingerprint density at radius 2 is 2.10 bits per heavy atom. The Morgan fingerprint density at radius 3 is 2.86 bits per heavy atom. The monoisotopic (exact) mass is 280 g/mol. The number of hydrogen-bond donors (Lipinski definition) is 1. The van der Waals surface area contributed by atoms with Crippen LogP contribution in [0.2, 0.25) is 0 Å². The van der Waals surface area contributed by atoms with Gasteiger partial charge in [0.25, 0.3) is 5.91 Å². The molecule has 3 heterocycles. The predicted octanol–water partition coefficient (Wildman–Crippen LogP) is 2.46. The second kappa shape index (κ2) is 5.36. The third kappa shape index (κ3) is 2.50. The summed E-state index contributed by atoms with van der Waals surface area (Å²) in [5.41, 5.74) is 2.41. The van der Waals surface area contributed by atoms with Crippen molar-refractivity contribution in [2.45, 2.75) is 13.0 Å². The van der Waals surface area contributed by atoms with E-state index in [1.165, 1.54) is 0 Å². The van der Waals surface area contributed by atoms with Crippen molar-refractivity contribution >= 4 is 16.9 Å². The minimum atomic E-state index is -0.107. The first kappa shape index (κ1) is 13.3.